The summed E-state index contributed by atoms with van der Waals surface area (Å²) in [5, 5.41) is 0. The Morgan fingerprint density at radius 3 is 1.31 bits per heavy atom. The van der Waals surface area contributed by atoms with Gasteiger partial charge in [0.05, 0.1) is 11.5 Å². The molecule has 1 aliphatic carbocycles. The first-order valence-corrected chi connectivity index (χ1v) is 6.50. The Bertz CT molecular complexity index is 183. The van der Waals surface area contributed by atoms with Gasteiger partial charge >= 0.3 is 11.9 Å². The van der Waals surface area contributed by atoms with Crippen LogP contribution in [-0.4, -0.2) is 36.7 Å². The van der Waals surface area contributed by atoms with Crippen molar-refractivity contribution < 1.29 is 19.1 Å². The number of hydrogen-bond donors (Lipinski definition) is 2. The monoisotopic (exact) mass is 266 g/mol. The van der Waals surface area contributed by atoms with Crippen molar-refractivity contribution in [3.05, 3.63) is 0 Å². The highest BCUT2D eigenvalue weighted by Crippen LogP contribution is 2.15. The molecule has 0 spiro atoms. The van der Waals surface area contributed by atoms with E-state index in [-0.39, 0.29) is 24.7 Å². The lowest BCUT2D eigenvalue weighted by Gasteiger charge is -2.05. The summed E-state index contributed by atoms with van der Waals surface area (Å²) in [6.45, 7) is 0.137. The van der Waals surface area contributed by atoms with Gasteiger partial charge in [0.15, 0.2) is 0 Å². The number of thiol groups is 2. The third-order valence-electron chi connectivity index (χ3n) is 1.87. The molecular weight excluding hydrogens is 248 g/mol. The largest absolute Gasteiger partial charge is 0.461 e. The molecule has 16 heavy (non-hydrogen) atoms. The van der Waals surface area contributed by atoms with Crippen LogP contribution in [0.2, 0.25) is 0 Å². The Balaban J connectivity index is 0.000000462. The van der Waals surface area contributed by atoms with Crippen molar-refractivity contribution in [3.8, 4) is 0 Å². The number of carbonyl (C=O) groups excluding carboxylic acids is 2. The summed E-state index contributed by atoms with van der Waals surface area (Å²) in [6.07, 6.45) is 6.00. The molecule has 0 aliphatic heterocycles. The number of ether oxygens (including phenoxy) is 2. The normalized spacial score (nSPS) is 12.9. The van der Waals surface area contributed by atoms with Crippen molar-refractivity contribution in [1.82, 2.24) is 0 Å². The lowest BCUT2D eigenvalue weighted by atomic mass is 10.0. The van der Waals surface area contributed by atoms with Crippen LogP contribution in [0.15, 0.2) is 0 Å². The minimum absolute atomic E-state index is 0.0283. The average molecular weight is 266 g/mol. The topological polar surface area (TPSA) is 52.6 Å². The summed E-state index contributed by atoms with van der Waals surface area (Å²) in [6, 6.07) is 0. The van der Waals surface area contributed by atoms with E-state index in [9.17, 15) is 9.59 Å². The Labute approximate surface area is 107 Å². The molecule has 0 aromatic carbocycles. The Hall–Kier alpha value is -0.360. The van der Waals surface area contributed by atoms with E-state index in [0.29, 0.717) is 0 Å². The van der Waals surface area contributed by atoms with Gasteiger partial charge in [0, 0.05) is 0 Å². The molecule has 0 radical (unpaired) electrons. The molecule has 0 amide bonds. The molecule has 1 rings (SSSR count). The van der Waals surface area contributed by atoms with Crippen LogP contribution >= 0.6 is 25.3 Å². The lowest BCUT2D eigenvalue weighted by Crippen LogP contribution is -2.14. The van der Waals surface area contributed by atoms with Crippen LogP contribution in [0.1, 0.15) is 25.7 Å². The molecule has 6 heteroatoms. The summed E-state index contributed by atoms with van der Waals surface area (Å²) in [7, 11) is 0. The van der Waals surface area contributed by atoms with E-state index in [1.807, 2.05) is 0 Å². The summed E-state index contributed by atoms with van der Waals surface area (Å²) < 4.78 is 9.14. The molecule has 0 aromatic heterocycles. The van der Waals surface area contributed by atoms with Crippen molar-refractivity contribution in [2.24, 2.45) is 0 Å². The molecule has 0 unspecified atom stereocenters. The van der Waals surface area contributed by atoms with Gasteiger partial charge in [-0.05, 0) is 0 Å². The Kier molecular flexibility index (Phi) is 10.9. The van der Waals surface area contributed by atoms with Gasteiger partial charge in [-0.3, -0.25) is 9.59 Å². The van der Waals surface area contributed by atoms with Gasteiger partial charge in [-0.2, -0.15) is 25.3 Å². The first kappa shape index (κ1) is 15.6. The van der Waals surface area contributed by atoms with Crippen molar-refractivity contribution in [3.63, 3.8) is 0 Å². The van der Waals surface area contributed by atoms with Gasteiger partial charge in [-0.1, -0.05) is 25.7 Å². The second-order valence-corrected chi connectivity index (χ2v) is 3.80. The van der Waals surface area contributed by atoms with Gasteiger partial charge in [0.25, 0.3) is 0 Å². The quantitative estimate of drug-likeness (QED) is 0.450. The predicted molar refractivity (Wildman–Crippen MR) is 68.1 cm³/mol. The molecular formula is C10H18O4S2. The fourth-order valence-electron chi connectivity index (χ4n) is 0.652. The van der Waals surface area contributed by atoms with Gasteiger partial charge in [-0.25, -0.2) is 0 Å². The molecule has 0 aromatic rings. The fraction of sp³-hybridized carbons (Fsp3) is 0.800. The lowest BCUT2D eigenvalue weighted by molar-refractivity contribution is -0.148. The van der Waals surface area contributed by atoms with Gasteiger partial charge in [0.1, 0.15) is 13.2 Å². The summed E-state index contributed by atoms with van der Waals surface area (Å²) in [5.41, 5.74) is 0. The number of carbonyl (C=O) groups is 2. The van der Waals surface area contributed by atoms with Crippen molar-refractivity contribution in [2.45, 2.75) is 25.7 Å². The van der Waals surface area contributed by atoms with E-state index >= 15 is 0 Å². The van der Waals surface area contributed by atoms with Crippen LogP contribution in [0.4, 0.5) is 0 Å². The third kappa shape index (κ3) is 10.2. The number of esters is 2. The van der Waals surface area contributed by atoms with Gasteiger partial charge < -0.3 is 9.47 Å². The van der Waals surface area contributed by atoms with Gasteiger partial charge in [-0.15, -0.1) is 0 Å². The van der Waals surface area contributed by atoms with Crippen LogP contribution in [0, 0.1) is 0 Å². The molecule has 1 saturated carbocycles. The molecule has 0 bridgehead atoms. The minimum atomic E-state index is -0.430. The summed E-state index contributed by atoms with van der Waals surface area (Å²) >= 11 is 7.36. The van der Waals surface area contributed by atoms with E-state index in [2.05, 4.69) is 34.7 Å². The highest BCUT2D eigenvalue weighted by molar-refractivity contribution is 7.81. The second-order valence-electron chi connectivity index (χ2n) is 3.17. The molecule has 94 valence electrons. The maximum atomic E-state index is 10.5. The van der Waals surface area contributed by atoms with Crippen molar-refractivity contribution >= 4 is 37.2 Å². The average Bonchev–Trinajstić information content (AvgIpc) is 2.21. The smallest absolute Gasteiger partial charge is 0.315 e. The zero-order valence-electron chi connectivity index (χ0n) is 9.18. The van der Waals surface area contributed by atoms with Crippen molar-refractivity contribution in [1.29, 1.82) is 0 Å². The zero-order chi connectivity index (χ0) is 12.2. The van der Waals surface area contributed by atoms with Gasteiger partial charge in [0.2, 0.25) is 0 Å². The molecule has 0 atom stereocenters. The van der Waals surface area contributed by atoms with Crippen LogP contribution < -0.4 is 0 Å². The van der Waals surface area contributed by atoms with Crippen LogP contribution in [0.25, 0.3) is 0 Å². The fourth-order valence-corrected chi connectivity index (χ4v) is 0.835. The highest BCUT2D eigenvalue weighted by atomic mass is 32.1. The molecule has 0 N–H and O–H groups in total. The zero-order valence-corrected chi connectivity index (χ0v) is 11.0. The van der Waals surface area contributed by atoms with E-state index in [0.717, 1.165) is 0 Å². The predicted octanol–water partition coefficient (Wildman–Crippen LogP) is 1.49. The Morgan fingerprint density at radius 2 is 1.12 bits per heavy atom. The maximum absolute atomic E-state index is 10.5. The highest BCUT2D eigenvalue weighted by Gasteiger charge is 2.00. The molecule has 1 aliphatic rings. The first-order valence-electron chi connectivity index (χ1n) is 5.23. The SMILES string of the molecule is C1CCC1.O=C(CS)OCCOC(=O)CS. The molecule has 1 fully saturated rings. The summed E-state index contributed by atoms with van der Waals surface area (Å²) in [5.74, 6) is -0.804. The third-order valence-corrected chi connectivity index (χ3v) is 2.38. The van der Waals surface area contributed by atoms with Crippen LogP contribution in [0.5, 0.6) is 0 Å². The van der Waals surface area contributed by atoms with E-state index in [4.69, 9.17) is 0 Å². The van der Waals surface area contributed by atoms with E-state index in [1.165, 1.54) is 25.7 Å². The molecule has 0 heterocycles. The maximum Gasteiger partial charge on any atom is 0.315 e. The van der Waals surface area contributed by atoms with E-state index in [1.54, 1.807) is 0 Å². The minimum Gasteiger partial charge on any atom is -0.461 e. The van der Waals surface area contributed by atoms with E-state index < -0.39 is 11.9 Å². The number of rotatable bonds is 5. The molecule has 0 saturated heterocycles. The van der Waals surface area contributed by atoms with Crippen LogP contribution in [0.3, 0.4) is 0 Å². The number of hydrogen-bond acceptors (Lipinski definition) is 6. The van der Waals surface area contributed by atoms with Crippen molar-refractivity contribution in [2.75, 3.05) is 24.7 Å². The molecule has 4 nitrogen and oxygen atoms in total. The van der Waals surface area contributed by atoms with Crippen LogP contribution in [-0.2, 0) is 19.1 Å². The standard InChI is InChI=1S/C6H10O4S2.C4H8/c7-5(3-11)9-1-2-10-6(8)4-12;1-2-4-3-1/h11-12H,1-4H2;1-4H2. The summed E-state index contributed by atoms with van der Waals surface area (Å²) in [4.78, 5) is 20.9. The Morgan fingerprint density at radius 1 is 0.812 bits per heavy atom. The second kappa shape index (κ2) is 11.1. The first-order chi connectivity index (χ1) is 7.70.